The molecular formula is C19H18NO5-. The number of nitro groups is 1. The molecule has 0 bridgehead atoms. The van der Waals surface area contributed by atoms with Crippen molar-refractivity contribution in [1.82, 2.24) is 0 Å². The Kier molecular flexibility index (Phi) is 5.54. The number of methoxy groups -OCH3 is 1. The zero-order chi connectivity index (χ0) is 18.6. The zero-order valence-corrected chi connectivity index (χ0v) is 14.2. The average molecular weight is 340 g/mol. The van der Waals surface area contributed by atoms with Gasteiger partial charge in [0.25, 0.3) is 5.69 Å². The van der Waals surface area contributed by atoms with Crippen LogP contribution in [-0.2, 0) is 0 Å². The van der Waals surface area contributed by atoms with Gasteiger partial charge in [-0.25, -0.2) is 0 Å². The molecule has 2 aromatic rings. The van der Waals surface area contributed by atoms with E-state index in [0.717, 1.165) is 11.6 Å². The molecule has 0 spiro atoms. The Morgan fingerprint density at radius 1 is 1.20 bits per heavy atom. The van der Waals surface area contributed by atoms with Gasteiger partial charge in [-0.15, -0.1) is 0 Å². The van der Waals surface area contributed by atoms with Crippen LogP contribution in [0.3, 0.4) is 0 Å². The molecule has 0 N–H and O–H groups in total. The first-order valence-electron chi connectivity index (χ1n) is 7.69. The maximum Gasteiger partial charge on any atom is 0.266 e. The fourth-order valence-corrected chi connectivity index (χ4v) is 2.29. The van der Waals surface area contributed by atoms with Crippen LogP contribution in [0.2, 0.25) is 0 Å². The number of hydrogen-bond acceptors (Lipinski definition) is 5. The molecule has 2 aromatic carbocycles. The molecule has 0 aliphatic carbocycles. The highest BCUT2D eigenvalue weighted by Gasteiger charge is 2.12. The number of carbonyl (C=O) groups excluding carboxylic acids is 1. The predicted octanol–water partition coefficient (Wildman–Crippen LogP) is 3.70. The number of rotatable bonds is 6. The van der Waals surface area contributed by atoms with Crippen molar-refractivity contribution >= 4 is 17.5 Å². The van der Waals surface area contributed by atoms with E-state index in [9.17, 15) is 20.0 Å². The number of allylic oxidation sites excluding steroid dienone is 1. The molecule has 0 aromatic heterocycles. The smallest absolute Gasteiger partial charge is 0.266 e. The predicted molar refractivity (Wildman–Crippen MR) is 93.0 cm³/mol. The second kappa shape index (κ2) is 7.61. The minimum absolute atomic E-state index is 0.136. The number of benzene rings is 2. The topological polar surface area (TPSA) is 92.5 Å². The molecule has 25 heavy (non-hydrogen) atoms. The molecule has 0 unspecified atom stereocenters. The Morgan fingerprint density at radius 3 is 2.36 bits per heavy atom. The summed E-state index contributed by atoms with van der Waals surface area (Å²) in [5, 5.41) is 22.7. The minimum Gasteiger partial charge on any atom is -0.865 e. The third-order valence-corrected chi connectivity index (χ3v) is 3.76. The van der Waals surface area contributed by atoms with E-state index < -0.39 is 16.4 Å². The van der Waals surface area contributed by atoms with Crippen molar-refractivity contribution in [2.45, 2.75) is 19.8 Å². The number of nitro benzene ring substituents is 1. The van der Waals surface area contributed by atoms with Crippen LogP contribution in [0, 0.1) is 10.1 Å². The van der Waals surface area contributed by atoms with Gasteiger partial charge in [-0.05, 0) is 29.2 Å². The number of nitrogens with zero attached hydrogens (tertiary/aromatic N) is 1. The highest BCUT2D eigenvalue weighted by molar-refractivity contribution is 6.06. The van der Waals surface area contributed by atoms with Crippen molar-refractivity contribution in [3.05, 3.63) is 69.3 Å². The summed E-state index contributed by atoms with van der Waals surface area (Å²) < 4.78 is 4.87. The van der Waals surface area contributed by atoms with Gasteiger partial charge in [-0.2, -0.15) is 0 Å². The molecule has 0 fully saturated rings. The third kappa shape index (κ3) is 4.23. The summed E-state index contributed by atoms with van der Waals surface area (Å²) in [6.45, 7) is 4.13. The van der Waals surface area contributed by atoms with E-state index in [1.54, 1.807) is 12.1 Å². The summed E-state index contributed by atoms with van der Waals surface area (Å²) in [6.07, 6.45) is 2.74. The Balaban J connectivity index is 2.27. The average Bonchev–Trinajstić information content (AvgIpc) is 2.60. The monoisotopic (exact) mass is 340 g/mol. The van der Waals surface area contributed by atoms with Crippen molar-refractivity contribution in [3.8, 4) is 11.5 Å². The summed E-state index contributed by atoms with van der Waals surface area (Å²) in [5.41, 5.74) is 1.40. The van der Waals surface area contributed by atoms with Gasteiger partial charge < -0.3 is 9.84 Å². The lowest BCUT2D eigenvalue weighted by molar-refractivity contribution is -0.398. The van der Waals surface area contributed by atoms with Gasteiger partial charge >= 0.3 is 0 Å². The van der Waals surface area contributed by atoms with Gasteiger partial charge in [0.15, 0.2) is 5.78 Å². The quantitative estimate of drug-likeness (QED) is 0.346. The molecule has 0 saturated carbocycles. The minimum atomic E-state index is -0.791. The fraction of sp³-hybridized carbons (Fsp3) is 0.211. The van der Waals surface area contributed by atoms with E-state index in [-0.39, 0.29) is 11.5 Å². The van der Waals surface area contributed by atoms with Crippen LogP contribution in [-0.4, -0.2) is 17.8 Å². The molecule has 0 atom stereocenters. The second-order valence-corrected chi connectivity index (χ2v) is 5.80. The van der Waals surface area contributed by atoms with E-state index in [1.165, 1.54) is 25.3 Å². The third-order valence-electron chi connectivity index (χ3n) is 3.76. The molecule has 0 heterocycles. The molecule has 6 nitrogen and oxygen atoms in total. The lowest BCUT2D eigenvalue weighted by atomic mass is 10.0. The highest BCUT2D eigenvalue weighted by Crippen LogP contribution is 2.34. The lowest BCUT2D eigenvalue weighted by Gasteiger charge is -2.13. The van der Waals surface area contributed by atoms with Gasteiger partial charge in [0.2, 0.25) is 0 Å². The van der Waals surface area contributed by atoms with E-state index in [0.29, 0.717) is 17.0 Å². The fourth-order valence-electron chi connectivity index (χ4n) is 2.29. The van der Waals surface area contributed by atoms with Crippen LogP contribution in [0.1, 0.15) is 41.3 Å². The van der Waals surface area contributed by atoms with E-state index >= 15 is 0 Å². The molecule has 0 radical (unpaired) electrons. The van der Waals surface area contributed by atoms with Crippen molar-refractivity contribution in [2.24, 2.45) is 0 Å². The Labute approximate surface area is 145 Å². The maximum atomic E-state index is 12.2. The van der Waals surface area contributed by atoms with Crippen molar-refractivity contribution in [3.63, 3.8) is 0 Å². The van der Waals surface area contributed by atoms with Gasteiger partial charge in [-0.3, -0.25) is 14.9 Å². The molecule has 2 rings (SSSR count). The summed E-state index contributed by atoms with van der Waals surface area (Å²) in [6, 6.07) is 9.76. The first kappa shape index (κ1) is 18.2. The molecule has 130 valence electrons. The maximum absolute atomic E-state index is 12.2. The Hall–Kier alpha value is -3.15. The molecule has 0 aliphatic heterocycles. The van der Waals surface area contributed by atoms with Gasteiger partial charge in [0, 0.05) is 17.4 Å². The van der Waals surface area contributed by atoms with Crippen molar-refractivity contribution in [1.29, 1.82) is 0 Å². The zero-order valence-electron chi connectivity index (χ0n) is 14.2. The van der Waals surface area contributed by atoms with E-state index in [1.807, 2.05) is 12.1 Å². The van der Waals surface area contributed by atoms with Crippen LogP contribution >= 0.6 is 0 Å². The van der Waals surface area contributed by atoms with Crippen LogP contribution in [0.4, 0.5) is 5.69 Å². The van der Waals surface area contributed by atoms with Crippen LogP contribution < -0.4 is 9.84 Å². The van der Waals surface area contributed by atoms with Gasteiger partial charge in [-0.1, -0.05) is 44.2 Å². The Morgan fingerprint density at radius 2 is 1.84 bits per heavy atom. The number of ketones is 1. The van der Waals surface area contributed by atoms with Crippen LogP contribution in [0.5, 0.6) is 11.5 Å². The standard InChI is InChI=1S/C19H19NO5/c1-12(2)14-5-7-15(8-6-14)17(21)9-4-13-10-16(20(23)24)19(22)18(11-13)25-3/h4-12,22H,1-3H3/p-1/b9-4+. The van der Waals surface area contributed by atoms with Crippen LogP contribution in [0.25, 0.3) is 6.08 Å². The largest absolute Gasteiger partial charge is 0.865 e. The first-order chi connectivity index (χ1) is 11.8. The molecule has 6 heteroatoms. The summed E-state index contributed by atoms with van der Waals surface area (Å²) in [4.78, 5) is 22.4. The van der Waals surface area contributed by atoms with Gasteiger partial charge in [0.05, 0.1) is 12.0 Å². The summed E-state index contributed by atoms with van der Waals surface area (Å²) in [7, 11) is 1.26. The van der Waals surface area contributed by atoms with Gasteiger partial charge in [0.1, 0.15) is 5.75 Å². The summed E-state index contributed by atoms with van der Waals surface area (Å²) >= 11 is 0. The number of carbonyl (C=O) groups is 1. The SMILES string of the molecule is COc1cc(/C=C/C(=O)c2ccc(C(C)C)cc2)cc([N+](=O)[O-])c1[O-]. The second-order valence-electron chi connectivity index (χ2n) is 5.80. The Bertz CT molecular complexity index is 822. The first-order valence-corrected chi connectivity index (χ1v) is 7.69. The molecule has 0 amide bonds. The molecule has 0 saturated heterocycles. The van der Waals surface area contributed by atoms with E-state index in [4.69, 9.17) is 4.74 Å². The van der Waals surface area contributed by atoms with Crippen molar-refractivity contribution in [2.75, 3.05) is 7.11 Å². The number of ether oxygens (including phenoxy) is 1. The van der Waals surface area contributed by atoms with Crippen LogP contribution in [0.15, 0.2) is 42.5 Å². The van der Waals surface area contributed by atoms with E-state index in [2.05, 4.69) is 13.8 Å². The normalized spacial score (nSPS) is 11.0. The molecular weight excluding hydrogens is 322 g/mol. The summed E-state index contributed by atoms with van der Waals surface area (Å²) in [5.74, 6) is -0.788. The lowest BCUT2D eigenvalue weighted by Crippen LogP contribution is -2.01. The highest BCUT2D eigenvalue weighted by atomic mass is 16.6. The number of hydrogen-bond donors (Lipinski definition) is 0. The van der Waals surface area contributed by atoms with Crippen molar-refractivity contribution < 1.29 is 19.6 Å². The molecule has 0 aliphatic rings.